The highest BCUT2D eigenvalue weighted by Gasteiger charge is 2.25. The summed E-state index contributed by atoms with van der Waals surface area (Å²) in [7, 11) is 4.17. The van der Waals surface area contributed by atoms with Gasteiger partial charge in [0.25, 0.3) is 0 Å². The number of amidine groups is 1. The van der Waals surface area contributed by atoms with Gasteiger partial charge in [-0.3, -0.25) is 4.90 Å². The molecule has 1 saturated heterocycles. The van der Waals surface area contributed by atoms with Crippen molar-refractivity contribution in [1.82, 2.24) is 9.80 Å². The molecule has 0 aromatic carbocycles. The number of piperidine rings is 1. The molecular formula is C10H22N4O. The molecule has 0 spiro atoms. The van der Waals surface area contributed by atoms with Crippen LogP contribution in [0.2, 0.25) is 0 Å². The summed E-state index contributed by atoms with van der Waals surface area (Å²) in [6, 6.07) is 0.491. The average Bonchev–Trinajstić information content (AvgIpc) is 2.26. The largest absolute Gasteiger partial charge is 0.409 e. The summed E-state index contributed by atoms with van der Waals surface area (Å²) < 4.78 is 0. The van der Waals surface area contributed by atoms with E-state index in [1.807, 2.05) is 14.0 Å². The van der Waals surface area contributed by atoms with Gasteiger partial charge in [0.2, 0.25) is 0 Å². The summed E-state index contributed by atoms with van der Waals surface area (Å²) in [4.78, 5) is 4.51. The maximum absolute atomic E-state index is 8.63. The Morgan fingerprint density at radius 3 is 2.87 bits per heavy atom. The Balaban J connectivity index is 2.55. The van der Waals surface area contributed by atoms with Gasteiger partial charge in [-0.15, -0.1) is 0 Å². The lowest BCUT2D eigenvalue weighted by molar-refractivity contribution is 0.123. The fraction of sp³-hybridized carbons (Fsp3) is 0.900. The Bertz CT molecular complexity index is 231. The fourth-order valence-electron chi connectivity index (χ4n) is 2.08. The van der Waals surface area contributed by atoms with E-state index in [-0.39, 0.29) is 11.9 Å². The van der Waals surface area contributed by atoms with Gasteiger partial charge < -0.3 is 15.8 Å². The molecule has 2 unspecified atom stereocenters. The molecule has 5 heteroatoms. The van der Waals surface area contributed by atoms with Gasteiger partial charge in [-0.05, 0) is 40.4 Å². The molecule has 1 rings (SSSR count). The first-order chi connectivity index (χ1) is 7.06. The number of rotatable bonds is 3. The van der Waals surface area contributed by atoms with Crippen LogP contribution in [0, 0.1) is 0 Å². The number of nitrogens with zero attached hydrogens (tertiary/aromatic N) is 3. The van der Waals surface area contributed by atoms with E-state index in [4.69, 9.17) is 10.9 Å². The quantitative estimate of drug-likeness (QED) is 0.304. The second-order valence-electron chi connectivity index (χ2n) is 4.42. The van der Waals surface area contributed by atoms with E-state index in [9.17, 15) is 0 Å². The molecule has 0 bridgehead atoms. The fourth-order valence-corrected chi connectivity index (χ4v) is 2.08. The molecular weight excluding hydrogens is 192 g/mol. The van der Waals surface area contributed by atoms with E-state index < -0.39 is 0 Å². The van der Waals surface area contributed by atoms with Crippen LogP contribution in [0.3, 0.4) is 0 Å². The van der Waals surface area contributed by atoms with Crippen molar-refractivity contribution in [2.75, 3.05) is 27.2 Å². The first-order valence-corrected chi connectivity index (χ1v) is 5.44. The summed E-state index contributed by atoms with van der Waals surface area (Å²) in [6.45, 7) is 4.19. The molecule has 1 fully saturated rings. The minimum atomic E-state index is -0.00787. The van der Waals surface area contributed by atoms with E-state index in [1.165, 1.54) is 19.4 Å². The van der Waals surface area contributed by atoms with E-state index in [0.717, 1.165) is 6.54 Å². The van der Waals surface area contributed by atoms with Gasteiger partial charge in [-0.2, -0.15) is 0 Å². The standard InChI is InChI=1S/C10H22N4O/c1-8(10(11)12-15)14(3)9-5-4-6-13(2)7-9/h8-9,15H,4-7H2,1-3H3,(H2,11,12). The molecule has 0 aromatic rings. The van der Waals surface area contributed by atoms with Crippen LogP contribution in [0.1, 0.15) is 19.8 Å². The summed E-state index contributed by atoms with van der Waals surface area (Å²) >= 11 is 0. The van der Waals surface area contributed by atoms with Crippen molar-refractivity contribution >= 4 is 5.84 Å². The molecule has 3 N–H and O–H groups in total. The zero-order valence-electron chi connectivity index (χ0n) is 9.85. The summed E-state index contributed by atoms with van der Waals surface area (Å²) in [5, 5.41) is 11.7. The van der Waals surface area contributed by atoms with Gasteiger partial charge >= 0.3 is 0 Å². The molecule has 5 nitrogen and oxygen atoms in total. The lowest BCUT2D eigenvalue weighted by atomic mass is 10.0. The first-order valence-electron chi connectivity index (χ1n) is 5.44. The Hall–Kier alpha value is -0.810. The van der Waals surface area contributed by atoms with Gasteiger partial charge in [0.15, 0.2) is 5.84 Å². The smallest absolute Gasteiger partial charge is 0.156 e. The van der Waals surface area contributed by atoms with Gasteiger partial charge in [0, 0.05) is 12.6 Å². The number of likely N-dealkylation sites (N-methyl/N-ethyl adjacent to an activating group) is 2. The lowest BCUT2D eigenvalue weighted by Gasteiger charge is -2.38. The molecule has 0 aromatic heterocycles. The van der Waals surface area contributed by atoms with Crippen molar-refractivity contribution in [2.24, 2.45) is 10.9 Å². The first kappa shape index (κ1) is 12.3. The lowest BCUT2D eigenvalue weighted by Crippen LogP contribution is -2.51. The third-order valence-corrected chi connectivity index (χ3v) is 3.33. The van der Waals surface area contributed by atoms with Crippen LogP contribution in [0.4, 0.5) is 0 Å². The SMILES string of the molecule is CC(C(N)=NO)N(C)C1CCCN(C)C1. The minimum Gasteiger partial charge on any atom is -0.409 e. The van der Waals surface area contributed by atoms with E-state index >= 15 is 0 Å². The van der Waals surface area contributed by atoms with Crippen LogP contribution < -0.4 is 5.73 Å². The third kappa shape index (κ3) is 3.07. The topological polar surface area (TPSA) is 65.1 Å². The molecule has 15 heavy (non-hydrogen) atoms. The minimum absolute atomic E-state index is 0.00787. The molecule has 1 aliphatic rings. The molecule has 0 radical (unpaired) electrons. The number of hydrogen-bond acceptors (Lipinski definition) is 4. The number of nitrogens with two attached hydrogens (primary N) is 1. The Morgan fingerprint density at radius 2 is 2.33 bits per heavy atom. The average molecular weight is 214 g/mol. The Labute approximate surface area is 91.5 Å². The molecule has 0 saturated carbocycles. The molecule has 2 atom stereocenters. The number of hydrogen-bond donors (Lipinski definition) is 2. The van der Waals surface area contributed by atoms with Gasteiger partial charge in [-0.1, -0.05) is 5.16 Å². The van der Waals surface area contributed by atoms with Gasteiger partial charge in [0.1, 0.15) is 0 Å². The van der Waals surface area contributed by atoms with E-state index in [1.54, 1.807) is 0 Å². The Morgan fingerprint density at radius 1 is 1.67 bits per heavy atom. The zero-order chi connectivity index (χ0) is 11.4. The highest BCUT2D eigenvalue weighted by molar-refractivity contribution is 5.84. The van der Waals surface area contributed by atoms with E-state index in [0.29, 0.717) is 6.04 Å². The molecule has 0 amide bonds. The number of oxime groups is 1. The predicted octanol–water partition coefficient (Wildman–Crippen LogP) is 0.147. The second-order valence-corrected chi connectivity index (χ2v) is 4.42. The van der Waals surface area contributed by atoms with E-state index in [2.05, 4.69) is 22.0 Å². The van der Waals surface area contributed by atoms with Crippen LogP contribution in [0.25, 0.3) is 0 Å². The predicted molar refractivity (Wildman–Crippen MR) is 61.2 cm³/mol. The molecule has 1 aliphatic heterocycles. The second kappa shape index (κ2) is 5.32. The van der Waals surface area contributed by atoms with Crippen molar-refractivity contribution in [3.05, 3.63) is 0 Å². The summed E-state index contributed by atoms with van der Waals surface area (Å²) in [5.41, 5.74) is 5.60. The van der Waals surface area contributed by atoms with Crippen LogP contribution in [0.5, 0.6) is 0 Å². The molecule has 1 heterocycles. The van der Waals surface area contributed by atoms with Crippen molar-refractivity contribution in [3.8, 4) is 0 Å². The normalized spacial score (nSPS) is 26.9. The maximum atomic E-state index is 8.63. The van der Waals surface area contributed by atoms with Crippen molar-refractivity contribution < 1.29 is 5.21 Å². The summed E-state index contributed by atoms with van der Waals surface area (Å²) in [6.07, 6.45) is 2.40. The van der Waals surface area contributed by atoms with Gasteiger partial charge in [-0.25, -0.2) is 0 Å². The number of likely N-dealkylation sites (tertiary alicyclic amines) is 1. The monoisotopic (exact) mass is 214 g/mol. The zero-order valence-corrected chi connectivity index (χ0v) is 9.85. The molecule has 0 aliphatic carbocycles. The third-order valence-electron chi connectivity index (χ3n) is 3.33. The Kier molecular flexibility index (Phi) is 4.35. The highest BCUT2D eigenvalue weighted by Crippen LogP contribution is 2.15. The van der Waals surface area contributed by atoms with Crippen LogP contribution in [-0.4, -0.2) is 60.1 Å². The van der Waals surface area contributed by atoms with Crippen molar-refractivity contribution in [1.29, 1.82) is 0 Å². The van der Waals surface area contributed by atoms with Crippen molar-refractivity contribution in [3.63, 3.8) is 0 Å². The molecule has 88 valence electrons. The van der Waals surface area contributed by atoms with Crippen LogP contribution in [-0.2, 0) is 0 Å². The van der Waals surface area contributed by atoms with Crippen LogP contribution >= 0.6 is 0 Å². The summed E-state index contributed by atoms with van der Waals surface area (Å²) in [5.74, 6) is 0.283. The maximum Gasteiger partial charge on any atom is 0.156 e. The van der Waals surface area contributed by atoms with Gasteiger partial charge in [0.05, 0.1) is 6.04 Å². The van der Waals surface area contributed by atoms with Crippen LogP contribution in [0.15, 0.2) is 5.16 Å². The highest BCUT2D eigenvalue weighted by atomic mass is 16.4. The van der Waals surface area contributed by atoms with Crippen molar-refractivity contribution in [2.45, 2.75) is 31.8 Å².